The molecule has 0 aliphatic heterocycles. The number of benzene rings is 2. The second-order valence-corrected chi connectivity index (χ2v) is 4.99. The van der Waals surface area contributed by atoms with E-state index in [1.165, 1.54) is 6.07 Å². The number of carbonyl (C=O) groups is 1. The van der Waals surface area contributed by atoms with E-state index in [9.17, 15) is 9.90 Å². The molecule has 0 heterocycles. The normalized spacial score (nSPS) is 10.3. The number of phenols is 1. The average molecular weight is 270 g/mol. The number of nitrogen functional groups attached to an aromatic ring is 1. The molecule has 4 N–H and O–H groups in total. The Bertz CT molecular complexity index is 655. The number of anilines is 2. The number of aromatic hydroxyl groups is 1. The first kappa shape index (κ1) is 13.9. The molecule has 0 aliphatic rings. The van der Waals surface area contributed by atoms with E-state index in [0.717, 1.165) is 16.8 Å². The van der Waals surface area contributed by atoms with Crippen LogP contribution in [0.3, 0.4) is 0 Å². The van der Waals surface area contributed by atoms with Crippen molar-refractivity contribution in [2.75, 3.05) is 11.1 Å². The number of aryl methyl sites for hydroxylation is 3. The van der Waals surface area contributed by atoms with Gasteiger partial charge < -0.3 is 16.2 Å². The van der Waals surface area contributed by atoms with E-state index in [1.807, 2.05) is 26.0 Å². The summed E-state index contributed by atoms with van der Waals surface area (Å²) in [5, 5.41) is 12.4. The van der Waals surface area contributed by atoms with Crippen LogP contribution in [-0.2, 0) is 0 Å². The van der Waals surface area contributed by atoms with Crippen LogP contribution in [-0.4, -0.2) is 11.0 Å². The van der Waals surface area contributed by atoms with Crippen LogP contribution in [0.25, 0.3) is 0 Å². The molecule has 1 amide bonds. The second-order valence-electron chi connectivity index (χ2n) is 4.99. The van der Waals surface area contributed by atoms with Crippen molar-refractivity contribution in [1.29, 1.82) is 0 Å². The molecule has 4 heteroatoms. The molecule has 0 atom stereocenters. The van der Waals surface area contributed by atoms with Gasteiger partial charge in [-0.15, -0.1) is 0 Å². The highest BCUT2D eigenvalue weighted by molar-refractivity contribution is 6.05. The third-order valence-electron chi connectivity index (χ3n) is 3.25. The summed E-state index contributed by atoms with van der Waals surface area (Å²) < 4.78 is 0. The Labute approximate surface area is 118 Å². The van der Waals surface area contributed by atoms with Crippen molar-refractivity contribution in [1.82, 2.24) is 0 Å². The van der Waals surface area contributed by atoms with E-state index in [-0.39, 0.29) is 11.7 Å². The molecule has 0 radical (unpaired) electrons. The highest BCUT2D eigenvalue weighted by Gasteiger charge is 2.11. The molecule has 0 aliphatic carbocycles. The minimum absolute atomic E-state index is 0.182. The number of rotatable bonds is 2. The van der Waals surface area contributed by atoms with Gasteiger partial charge in [0.05, 0.1) is 0 Å². The monoisotopic (exact) mass is 270 g/mol. The number of carbonyl (C=O) groups excluding carboxylic acids is 1. The standard InChI is InChI=1S/C16H18N2O2/c1-9-6-12(4-5-14(9)19)16(20)18-15-10(2)7-13(17)8-11(15)3/h4-8,19H,17H2,1-3H3,(H,18,20). The lowest BCUT2D eigenvalue weighted by molar-refractivity contribution is 0.102. The SMILES string of the molecule is Cc1cc(C(=O)Nc2c(C)cc(N)cc2C)ccc1O. The van der Waals surface area contributed by atoms with Gasteiger partial charge in [-0.3, -0.25) is 4.79 Å². The van der Waals surface area contributed by atoms with Crippen LogP contribution in [0.5, 0.6) is 5.75 Å². The molecule has 4 nitrogen and oxygen atoms in total. The van der Waals surface area contributed by atoms with Crippen LogP contribution in [0, 0.1) is 20.8 Å². The molecule has 0 unspecified atom stereocenters. The van der Waals surface area contributed by atoms with E-state index in [4.69, 9.17) is 5.73 Å². The molecule has 0 aromatic heterocycles. The summed E-state index contributed by atoms with van der Waals surface area (Å²) in [6.07, 6.45) is 0. The fraction of sp³-hybridized carbons (Fsp3) is 0.188. The number of hydrogen-bond acceptors (Lipinski definition) is 3. The van der Waals surface area contributed by atoms with Gasteiger partial charge in [0, 0.05) is 16.9 Å². The van der Waals surface area contributed by atoms with Crippen LogP contribution in [0.2, 0.25) is 0 Å². The number of amides is 1. The molecule has 0 saturated heterocycles. The smallest absolute Gasteiger partial charge is 0.255 e. The number of phenolic OH excluding ortho intramolecular Hbond substituents is 1. The number of nitrogens with two attached hydrogens (primary N) is 1. The molecule has 2 rings (SSSR count). The zero-order chi connectivity index (χ0) is 14.9. The summed E-state index contributed by atoms with van der Waals surface area (Å²) in [5.41, 5.74) is 10.2. The Kier molecular flexibility index (Phi) is 3.66. The van der Waals surface area contributed by atoms with Gasteiger partial charge in [-0.2, -0.15) is 0 Å². The van der Waals surface area contributed by atoms with Gasteiger partial charge >= 0.3 is 0 Å². The molecule has 0 saturated carbocycles. The van der Waals surface area contributed by atoms with E-state index in [2.05, 4.69) is 5.32 Å². The first-order chi connectivity index (χ1) is 9.38. The maximum Gasteiger partial charge on any atom is 0.255 e. The van der Waals surface area contributed by atoms with Crippen molar-refractivity contribution in [3.05, 3.63) is 52.6 Å². The van der Waals surface area contributed by atoms with Gasteiger partial charge in [-0.1, -0.05) is 0 Å². The topological polar surface area (TPSA) is 75.4 Å². The van der Waals surface area contributed by atoms with E-state index >= 15 is 0 Å². The maximum atomic E-state index is 12.2. The lowest BCUT2D eigenvalue weighted by atomic mass is 10.1. The first-order valence-electron chi connectivity index (χ1n) is 6.36. The molecule has 2 aromatic rings. The van der Waals surface area contributed by atoms with Crippen molar-refractivity contribution in [2.24, 2.45) is 0 Å². The third-order valence-corrected chi connectivity index (χ3v) is 3.25. The van der Waals surface area contributed by atoms with Crippen molar-refractivity contribution in [2.45, 2.75) is 20.8 Å². The van der Waals surface area contributed by atoms with Crippen LogP contribution in [0.4, 0.5) is 11.4 Å². The minimum atomic E-state index is -0.205. The lowest BCUT2D eigenvalue weighted by Gasteiger charge is -2.13. The predicted molar refractivity (Wildman–Crippen MR) is 81.1 cm³/mol. The van der Waals surface area contributed by atoms with Crippen molar-refractivity contribution >= 4 is 17.3 Å². The van der Waals surface area contributed by atoms with Crippen LogP contribution >= 0.6 is 0 Å². The average Bonchev–Trinajstić information content (AvgIpc) is 2.36. The Morgan fingerprint density at radius 1 is 1.05 bits per heavy atom. The number of hydrogen-bond donors (Lipinski definition) is 3. The van der Waals surface area contributed by atoms with Gasteiger partial charge in [-0.05, 0) is 67.8 Å². The molecular formula is C16H18N2O2. The van der Waals surface area contributed by atoms with E-state index in [0.29, 0.717) is 16.8 Å². The predicted octanol–water partition coefficient (Wildman–Crippen LogP) is 3.15. The zero-order valence-electron chi connectivity index (χ0n) is 11.8. The summed E-state index contributed by atoms with van der Waals surface area (Å²) in [4.78, 5) is 12.2. The Hall–Kier alpha value is -2.49. The minimum Gasteiger partial charge on any atom is -0.508 e. The molecular weight excluding hydrogens is 252 g/mol. The van der Waals surface area contributed by atoms with Crippen LogP contribution in [0.1, 0.15) is 27.0 Å². The Balaban J connectivity index is 2.30. The van der Waals surface area contributed by atoms with Gasteiger partial charge in [0.25, 0.3) is 5.91 Å². The van der Waals surface area contributed by atoms with Gasteiger partial charge in [0.1, 0.15) is 5.75 Å². The van der Waals surface area contributed by atoms with Crippen molar-refractivity contribution in [3.63, 3.8) is 0 Å². The number of nitrogens with one attached hydrogen (secondary N) is 1. The second kappa shape index (κ2) is 5.25. The first-order valence-corrected chi connectivity index (χ1v) is 6.36. The quantitative estimate of drug-likeness (QED) is 0.734. The van der Waals surface area contributed by atoms with Crippen molar-refractivity contribution in [3.8, 4) is 5.75 Å². The highest BCUT2D eigenvalue weighted by Crippen LogP contribution is 2.24. The summed E-state index contributed by atoms with van der Waals surface area (Å²) in [7, 11) is 0. The van der Waals surface area contributed by atoms with E-state index in [1.54, 1.807) is 19.1 Å². The maximum absolute atomic E-state index is 12.2. The molecule has 0 spiro atoms. The Morgan fingerprint density at radius 3 is 2.20 bits per heavy atom. The van der Waals surface area contributed by atoms with Gasteiger partial charge in [-0.25, -0.2) is 0 Å². The summed E-state index contributed by atoms with van der Waals surface area (Å²) >= 11 is 0. The van der Waals surface area contributed by atoms with Gasteiger partial charge in [0.15, 0.2) is 0 Å². The summed E-state index contributed by atoms with van der Waals surface area (Å²) in [5.74, 6) is -0.0227. The molecule has 104 valence electrons. The summed E-state index contributed by atoms with van der Waals surface area (Å²) in [6, 6.07) is 8.43. The zero-order valence-corrected chi connectivity index (χ0v) is 11.8. The lowest BCUT2D eigenvalue weighted by Crippen LogP contribution is -2.14. The third kappa shape index (κ3) is 2.74. The molecule has 20 heavy (non-hydrogen) atoms. The fourth-order valence-corrected chi connectivity index (χ4v) is 2.18. The fourth-order valence-electron chi connectivity index (χ4n) is 2.18. The van der Waals surface area contributed by atoms with Crippen molar-refractivity contribution < 1.29 is 9.90 Å². The molecule has 0 fully saturated rings. The molecule has 2 aromatic carbocycles. The highest BCUT2D eigenvalue weighted by atomic mass is 16.3. The molecule has 0 bridgehead atoms. The van der Waals surface area contributed by atoms with Crippen LogP contribution < -0.4 is 11.1 Å². The largest absolute Gasteiger partial charge is 0.508 e. The van der Waals surface area contributed by atoms with Gasteiger partial charge in [0.2, 0.25) is 0 Å². The van der Waals surface area contributed by atoms with E-state index < -0.39 is 0 Å². The summed E-state index contributed by atoms with van der Waals surface area (Å²) in [6.45, 7) is 5.56. The van der Waals surface area contributed by atoms with Crippen LogP contribution in [0.15, 0.2) is 30.3 Å². The Morgan fingerprint density at radius 2 is 1.65 bits per heavy atom.